The molecule has 5 rings (SSSR count). The van der Waals surface area contributed by atoms with E-state index in [0.29, 0.717) is 32.6 Å². The first kappa shape index (κ1) is 21.0. The van der Waals surface area contributed by atoms with E-state index in [0.717, 1.165) is 35.3 Å². The molecule has 0 atom stereocenters. The van der Waals surface area contributed by atoms with Gasteiger partial charge in [0.05, 0.1) is 0 Å². The number of anilines is 1. The topological polar surface area (TPSA) is 70.5 Å². The molecule has 168 valence electrons. The summed E-state index contributed by atoms with van der Waals surface area (Å²) in [5.74, 6) is 0.192. The molecule has 7 nitrogen and oxygen atoms in total. The summed E-state index contributed by atoms with van der Waals surface area (Å²) in [6, 6.07) is 13.7. The van der Waals surface area contributed by atoms with E-state index < -0.39 is 0 Å². The van der Waals surface area contributed by atoms with Crippen LogP contribution in [0.5, 0.6) is 0 Å². The Bertz CT molecular complexity index is 1140. The van der Waals surface area contributed by atoms with Gasteiger partial charge in [-0.3, -0.25) is 9.78 Å². The molecule has 3 aromatic rings. The van der Waals surface area contributed by atoms with Gasteiger partial charge in [-0.1, -0.05) is 18.2 Å². The van der Waals surface area contributed by atoms with Gasteiger partial charge in [-0.25, -0.2) is 4.79 Å². The Morgan fingerprint density at radius 1 is 0.970 bits per heavy atom. The number of urea groups is 1. The lowest BCUT2D eigenvalue weighted by Gasteiger charge is -2.27. The first-order valence-electron chi connectivity index (χ1n) is 11.3. The minimum atomic E-state index is -0.107. The molecule has 0 bridgehead atoms. The molecule has 0 spiro atoms. The van der Waals surface area contributed by atoms with Gasteiger partial charge in [0.15, 0.2) is 0 Å². The van der Waals surface area contributed by atoms with Gasteiger partial charge in [-0.15, -0.1) is 0 Å². The second-order valence-corrected chi connectivity index (χ2v) is 8.50. The largest absolute Gasteiger partial charge is 0.354 e. The third-order valence-electron chi connectivity index (χ3n) is 6.33. The first-order valence-corrected chi connectivity index (χ1v) is 11.3. The predicted molar refractivity (Wildman–Crippen MR) is 127 cm³/mol. The number of aromatic nitrogens is 2. The van der Waals surface area contributed by atoms with E-state index in [-0.39, 0.29) is 11.9 Å². The van der Waals surface area contributed by atoms with Crippen LogP contribution < -0.4 is 5.32 Å². The zero-order valence-corrected chi connectivity index (χ0v) is 18.5. The molecule has 0 saturated carbocycles. The van der Waals surface area contributed by atoms with Crippen molar-refractivity contribution in [2.45, 2.75) is 32.5 Å². The smallest absolute Gasteiger partial charge is 0.322 e. The summed E-state index contributed by atoms with van der Waals surface area (Å²) in [7, 11) is 0. The van der Waals surface area contributed by atoms with Crippen LogP contribution in [0, 0.1) is 0 Å². The molecular weight excluding hydrogens is 414 g/mol. The molecule has 2 aliphatic rings. The van der Waals surface area contributed by atoms with Gasteiger partial charge < -0.3 is 19.7 Å². The summed E-state index contributed by atoms with van der Waals surface area (Å²) in [5, 5.41) is 2.99. The quantitative estimate of drug-likeness (QED) is 0.647. The number of amides is 3. The highest BCUT2D eigenvalue weighted by atomic mass is 16.2. The number of aryl methyl sites for hydroxylation is 1. The molecule has 3 amide bonds. The minimum absolute atomic E-state index is 0.107. The van der Waals surface area contributed by atoms with Crippen LogP contribution in [-0.4, -0.2) is 44.4 Å². The Hall–Kier alpha value is -3.87. The molecule has 0 radical (unpaired) electrons. The first-order chi connectivity index (χ1) is 16.2. The summed E-state index contributed by atoms with van der Waals surface area (Å²) in [6.45, 7) is 3.28. The van der Waals surface area contributed by atoms with E-state index in [1.165, 1.54) is 5.57 Å². The molecule has 0 unspecified atom stereocenters. The highest BCUT2D eigenvalue weighted by molar-refractivity contribution is 5.90. The van der Waals surface area contributed by atoms with Crippen LogP contribution in [0.4, 0.5) is 10.5 Å². The van der Waals surface area contributed by atoms with E-state index in [9.17, 15) is 9.59 Å². The molecule has 0 aliphatic carbocycles. The second kappa shape index (κ2) is 9.32. The van der Waals surface area contributed by atoms with E-state index in [2.05, 4.69) is 16.4 Å². The molecule has 7 heteroatoms. The van der Waals surface area contributed by atoms with Crippen molar-refractivity contribution in [2.75, 3.05) is 18.4 Å². The molecule has 0 saturated heterocycles. The number of pyridine rings is 1. The maximum Gasteiger partial charge on any atom is 0.322 e. The fraction of sp³-hybridized carbons (Fsp3) is 0.269. The Balaban J connectivity index is 1.13. The number of hydrogen-bond acceptors (Lipinski definition) is 3. The summed E-state index contributed by atoms with van der Waals surface area (Å²) >= 11 is 0. The van der Waals surface area contributed by atoms with E-state index in [1.54, 1.807) is 11.1 Å². The number of fused-ring (bicyclic) bond motifs is 1. The van der Waals surface area contributed by atoms with Gasteiger partial charge in [0.25, 0.3) is 0 Å². The summed E-state index contributed by atoms with van der Waals surface area (Å²) in [4.78, 5) is 33.0. The van der Waals surface area contributed by atoms with Crippen molar-refractivity contribution in [3.8, 4) is 0 Å². The van der Waals surface area contributed by atoms with Crippen molar-refractivity contribution in [3.63, 3.8) is 0 Å². The Kier molecular flexibility index (Phi) is 5.93. The van der Waals surface area contributed by atoms with E-state index >= 15 is 0 Å². The number of rotatable bonds is 5. The third-order valence-corrected chi connectivity index (χ3v) is 6.33. The normalized spacial score (nSPS) is 15.2. The van der Waals surface area contributed by atoms with Crippen LogP contribution in [-0.2, 0) is 24.4 Å². The maximum atomic E-state index is 12.6. The van der Waals surface area contributed by atoms with E-state index in [4.69, 9.17) is 0 Å². The van der Waals surface area contributed by atoms with Crippen LogP contribution in [0.25, 0.3) is 5.57 Å². The molecule has 1 aromatic carbocycles. The summed E-state index contributed by atoms with van der Waals surface area (Å²) in [5.41, 5.74) is 5.40. The Morgan fingerprint density at radius 3 is 2.48 bits per heavy atom. The maximum absolute atomic E-state index is 12.6. The monoisotopic (exact) mass is 441 g/mol. The number of hydrogen-bond donors (Lipinski definition) is 1. The molecule has 0 fully saturated rings. The third kappa shape index (κ3) is 4.82. The van der Waals surface area contributed by atoms with Crippen LogP contribution >= 0.6 is 0 Å². The van der Waals surface area contributed by atoms with Crippen molar-refractivity contribution >= 4 is 23.2 Å². The zero-order valence-electron chi connectivity index (χ0n) is 18.5. The van der Waals surface area contributed by atoms with Gasteiger partial charge in [0, 0.05) is 69.6 Å². The van der Waals surface area contributed by atoms with Gasteiger partial charge in [-0.2, -0.15) is 0 Å². The molecule has 2 aliphatic heterocycles. The number of carbonyl (C=O) groups excluding carboxylic acids is 2. The van der Waals surface area contributed by atoms with Crippen LogP contribution in [0.3, 0.4) is 0 Å². The minimum Gasteiger partial charge on any atom is -0.354 e. The van der Waals surface area contributed by atoms with Crippen molar-refractivity contribution in [1.82, 2.24) is 19.4 Å². The molecule has 2 aromatic heterocycles. The van der Waals surface area contributed by atoms with Crippen molar-refractivity contribution in [3.05, 3.63) is 90.0 Å². The lowest BCUT2D eigenvalue weighted by atomic mass is 9.99. The van der Waals surface area contributed by atoms with Crippen molar-refractivity contribution in [1.29, 1.82) is 0 Å². The fourth-order valence-electron chi connectivity index (χ4n) is 4.39. The van der Waals surface area contributed by atoms with Crippen molar-refractivity contribution in [2.24, 2.45) is 0 Å². The summed E-state index contributed by atoms with van der Waals surface area (Å²) in [6.07, 6.45) is 11.0. The number of nitrogens with one attached hydrogen (secondary N) is 1. The highest BCUT2D eigenvalue weighted by Gasteiger charge is 2.23. The van der Waals surface area contributed by atoms with Gasteiger partial charge >= 0.3 is 6.03 Å². The number of benzene rings is 1. The fourth-order valence-corrected chi connectivity index (χ4v) is 4.39. The second-order valence-electron chi connectivity index (χ2n) is 8.50. The number of nitrogens with zero attached hydrogens (tertiary/aromatic N) is 4. The average molecular weight is 442 g/mol. The average Bonchev–Trinajstić information content (AvgIpc) is 3.53. The summed E-state index contributed by atoms with van der Waals surface area (Å²) < 4.78 is 2.03. The standard InChI is InChI=1S/C26H27N5O2/c32-25(10-14-29-12-1-2-13-29)30-15-8-21(9-16-30)20-3-5-24(6-4-20)28-26(33)31-18-22-7-11-27-17-23(22)19-31/h1-8,11-13,17H,9-10,14-16,18-19H2,(H,28,33). The Labute approximate surface area is 193 Å². The predicted octanol–water partition coefficient (Wildman–Crippen LogP) is 4.14. The van der Waals surface area contributed by atoms with Gasteiger partial charge in [0.2, 0.25) is 5.91 Å². The molecule has 33 heavy (non-hydrogen) atoms. The van der Waals surface area contributed by atoms with Crippen LogP contribution in [0.15, 0.2) is 73.3 Å². The Morgan fingerprint density at radius 2 is 1.76 bits per heavy atom. The molecule has 4 heterocycles. The van der Waals surface area contributed by atoms with Crippen molar-refractivity contribution < 1.29 is 9.59 Å². The molecular formula is C26H27N5O2. The highest BCUT2D eigenvalue weighted by Crippen LogP contribution is 2.25. The lowest BCUT2D eigenvalue weighted by molar-refractivity contribution is -0.131. The van der Waals surface area contributed by atoms with Gasteiger partial charge in [-0.05, 0) is 59.0 Å². The van der Waals surface area contributed by atoms with Crippen LogP contribution in [0.2, 0.25) is 0 Å². The lowest BCUT2D eigenvalue weighted by Crippen LogP contribution is -2.35. The zero-order chi connectivity index (χ0) is 22.6. The number of carbonyl (C=O) groups is 2. The SMILES string of the molecule is O=C(CCn1cccc1)N1CC=C(c2ccc(NC(=O)N3Cc4ccncc4C3)cc2)CC1. The van der Waals surface area contributed by atoms with E-state index in [1.807, 2.05) is 70.5 Å². The van der Waals surface area contributed by atoms with Crippen LogP contribution in [0.1, 0.15) is 29.5 Å². The van der Waals surface area contributed by atoms with Gasteiger partial charge in [0.1, 0.15) is 0 Å². The molecule has 1 N–H and O–H groups in total.